The average Bonchev–Trinajstić information content (AvgIpc) is 3.07. The summed E-state index contributed by atoms with van der Waals surface area (Å²) < 4.78 is 1.13. The van der Waals surface area contributed by atoms with E-state index in [0.29, 0.717) is 13.0 Å². The van der Waals surface area contributed by atoms with Crippen molar-refractivity contribution in [1.82, 2.24) is 9.88 Å². The predicted octanol–water partition coefficient (Wildman–Crippen LogP) is 6.07. The zero-order chi connectivity index (χ0) is 21.0. The Kier molecular flexibility index (Phi) is 9.44. The van der Waals surface area contributed by atoms with Crippen LogP contribution in [0.1, 0.15) is 17.5 Å². The van der Waals surface area contributed by atoms with Crippen molar-refractivity contribution in [2.75, 3.05) is 37.8 Å². The van der Waals surface area contributed by atoms with E-state index in [1.807, 2.05) is 43.3 Å². The summed E-state index contributed by atoms with van der Waals surface area (Å²) in [5.41, 5.74) is 3.37. The van der Waals surface area contributed by atoms with E-state index >= 15 is 0 Å². The molecule has 1 amide bonds. The molecule has 0 aliphatic heterocycles. The van der Waals surface area contributed by atoms with E-state index in [4.69, 9.17) is 16.6 Å². The standard InChI is InChI=1S/C22H26ClN3OS2.ClH/c1-15-13-16(2)21-19(14-15)29-22(24-21)26(11-10-25(3)4)20(27)9-12-28-18-7-5-17(23)6-8-18;/h5-8,13-14H,9-12H2,1-4H3;1H. The van der Waals surface area contributed by atoms with Crippen LogP contribution < -0.4 is 4.90 Å². The molecule has 0 fully saturated rings. The minimum Gasteiger partial charge on any atom is -0.308 e. The summed E-state index contributed by atoms with van der Waals surface area (Å²) in [6, 6.07) is 12.0. The second kappa shape index (κ2) is 11.3. The number of aryl methyl sites for hydroxylation is 2. The Hall–Kier alpha value is -1.31. The van der Waals surface area contributed by atoms with Gasteiger partial charge in [-0.25, -0.2) is 4.98 Å². The predicted molar refractivity (Wildman–Crippen MR) is 134 cm³/mol. The molecule has 30 heavy (non-hydrogen) atoms. The maximum absolute atomic E-state index is 13.1. The highest BCUT2D eigenvalue weighted by Gasteiger charge is 2.20. The molecule has 0 spiro atoms. The summed E-state index contributed by atoms with van der Waals surface area (Å²) in [7, 11) is 4.04. The van der Waals surface area contributed by atoms with Crippen LogP contribution in [0.2, 0.25) is 5.02 Å². The van der Waals surface area contributed by atoms with Crippen molar-refractivity contribution in [2.24, 2.45) is 0 Å². The first kappa shape index (κ1) is 25.0. The molecule has 1 aromatic heterocycles. The Morgan fingerprint density at radius 2 is 1.83 bits per heavy atom. The number of benzene rings is 2. The van der Waals surface area contributed by atoms with E-state index in [9.17, 15) is 4.79 Å². The third-order valence-electron chi connectivity index (χ3n) is 4.52. The lowest BCUT2D eigenvalue weighted by atomic mass is 10.1. The molecule has 0 bridgehead atoms. The summed E-state index contributed by atoms with van der Waals surface area (Å²) >= 11 is 9.21. The second-order valence-electron chi connectivity index (χ2n) is 7.33. The van der Waals surface area contributed by atoms with Crippen molar-refractivity contribution in [2.45, 2.75) is 25.2 Å². The van der Waals surface area contributed by atoms with Crippen LogP contribution in [0.25, 0.3) is 10.2 Å². The second-order valence-corrected chi connectivity index (χ2v) is 9.94. The topological polar surface area (TPSA) is 36.4 Å². The Labute approximate surface area is 198 Å². The number of anilines is 1. The van der Waals surface area contributed by atoms with Crippen molar-refractivity contribution >= 4 is 68.4 Å². The van der Waals surface area contributed by atoms with Crippen LogP contribution in [0.4, 0.5) is 5.13 Å². The van der Waals surface area contributed by atoms with E-state index in [2.05, 4.69) is 30.9 Å². The molecule has 162 valence electrons. The van der Waals surface area contributed by atoms with Gasteiger partial charge in [0, 0.05) is 35.2 Å². The number of halogens is 2. The number of rotatable bonds is 8. The van der Waals surface area contributed by atoms with Crippen molar-refractivity contribution in [3.63, 3.8) is 0 Å². The van der Waals surface area contributed by atoms with Crippen molar-refractivity contribution < 1.29 is 4.79 Å². The SMILES string of the molecule is Cc1cc(C)c2nc(N(CCN(C)C)C(=O)CCSc3ccc(Cl)cc3)sc2c1.Cl. The lowest BCUT2D eigenvalue weighted by molar-refractivity contribution is -0.118. The van der Waals surface area contributed by atoms with E-state index in [-0.39, 0.29) is 18.3 Å². The fourth-order valence-electron chi connectivity index (χ4n) is 3.02. The van der Waals surface area contributed by atoms with Gasteiger partial charge in [0.25, 0.3) is 0 Å². The summed E-state index contributed by atoms with van der Waals surface area (Å²) in [5.74, 6) is 0.837. The fourth-order valence-corrected chi connectivity index (χ4v) is 5.18. The van der Waals surface area contributed by atoms with Crippen LogP contribution in [-0.4, -0.2) is 48.7 Å². The largest absolute Gasteiger partial charge is 0.308 e. The number of carbonyl (C=O) groups is 1. The molecule has 4 nitrogen and oxygen atoms in total. The van der Waals surface area contributed by atoms with Gasteiger partial charge in [-0.3, -0.25) is 9.69 Å². The third-order valence-corrected chi connectivity index (χ3v) is 6.81. The molecular formula is C22H27Cl2N3OS2. The summed E-state index contributed by atoms with van der Waals surface area (Å²) in [5, 5.41) is 1.51. The number of hydrogen-bond acceptors (Lipinski definition) is 5. The molecule has 0 radical (unpaired) electrons. The highest BCUT2D eigenvalue weighted by atomic mass is 35.5. The molecule has 0 atom stereocenters. The van der Waals surface area contributed by atoms with Gasteiger partial charge in [-0.2, -0.15) is 0 Å². The minimum atomic E-state index is 0. The molecule has 0 saturated carbocycles. The molecule has 0 saturated heterocycles. The van der Waals surface area contributed by atoms with Crippen molar-refractivity contribution in [1.29, 1.82) is 0 Å². The van der Waals surface area contributed by atoms with E-state index in [1.54, 1.807) is 23.1 Å². The Morgan fingerprint density at radius 1 is 1.13 bits per heavy atom. The van der Waals surface area contributed by atoms with Crippen LogP contribution in [0.5, 0.6) is 0 Å². The van der Waals surface area contributed by atoms with Gasteiger partial charge >= 0.3 is 0 Å². The van der Waals surface area contributed by atoms with Gasteiger partial charge in [0.05, 0.1) is 10.2 Å². The van der Waals surface area contributed by atoms with Gasteiger partial charge in [-0.15, -0.1) is 24.2 Å². The monoisotopic (exact) mass is 483 g/mol. The third kappa shape index (κ3) is 6.59. The van der Waals surface area contributed by atoms with Crippen LogP contribution in [-0.2, 0) is 4.79 Å². The van der Waals surface area contributed by atoms with Crippen LogP contribution in [0.15, 0.2) is 41.3 Å². The molecule has 3 aromatic rings. The molecule has 8 heteroatoms. The fraction of sp³-hybridized carbons (Fsp3) is 0.364. The first-order chi connectivity index (χ1) is 13.8. The number of carbonyl (C=O) groups excluding carboxylic acids is 1. The average molecular weight is 485 g/mol. The molecule has 2 aromatic carbocycles. The number of fused-ring (bicyclic) bond motifs is 1. The highest BCUT2D eigenvalue weighted by molar-refractivity contribution is 7.99. The number of likely N-dealkylation sites (N-methyl/N-ethyl adjacent to an activating group) is 1. The van der Waals surface area contributed by atoms with Gasteiger partial charge in [-0.1, -0.05) is 29.0 Å². The number of hydrogen-bond donors (Lipinski definition) is 0. The molecule has 0 aliphatic rings. The zero-order valence-electron chi connectivity index (χ0n) is 17.6. The molecule has 3 rings (SSSR count). The van der Waals surface area contributed by atoms with Crippen LogP contribution >= 0.6 is 47.1 Å². The van der Waals surface area contributed by atoms with Gasteiger partial charge in [0.2, 0.25) is 5.91 Å². The summed E-state index contributed by atoms with van der Waals surface area (Å²) in [4.78, 5) is 22.9. The number of thioether (sulfide) groups is 1. The summed E-state index contributed by atoms with van der Waals surface area (Å²) in [6.07, 6.45) is 0.467. The number of nitrogens with zero attached hydrogens (tertiary/aromatic N) is 3. The number of aromatic nitrogens is 1. The molecule has 0 N–H and O–H groups in total. The lowest BCUT2D eigenvalue weighted by Crippen LogP contribution is -2.36. The van der Waals surface area contributed by atoms with Crippen molar-refractivity contribution in [3.8, 4) is 0 Å². The van der Waals surface area contributed by atoms with Crippen LogP contribution in [0.3, 0.4) is 0 Å². The van der Waals surface area contributed by atoms with Gasteiger partial charge in [-0.05, 0) is 69.4 Å². The molecule has 0 aliphatic carbocycles. The van der Waals surface area contributed by atoms with Crippen molar-refractivity contribution in [3.05, 3.63) is 52.5 Å². The minimum absolute atomic E-state index is 0. The van der Waals surface area contributed by atoms with E-state index < -0.39 is 0 Å². The Morgan fingerprint density at radius 3 is 2.50 bits per heavy atom. The maximum atomic E-state index is 13.1. The summed E-state index contributed by atoms with van der Waals surface area (Å²) in [6.45, 7) is 5.60. The van der Waals surface area contributed by atoms with Gasteiger partial charge in [0.15, 0.2) is 5.13 Å². The molecule has 0 unspecified atom stereocenters. The first-order valence-electron chi connectivity index (χ1n) is 9.55. The Balaban J connectivity index is 0.00000320. The molecular weight excluding hydrogens is 457 g/mol. The highest BCUT2D eigenvalue weighted by Crippen LogP contribution is 2.32. The maximum Gasteiger partial charge on any atom is 0.229 e. The van der Waals surface area contributed by atoms with Gasteiger partial charge in [0.1, 0.15) is 0 Å². The quantitative estimate of drug-likeness (QED) is 0.364. The number of amides is 1. The number of thiazole rings is 1. The molecule has 1 heterocycles. The van der Waals surface area contributed by atoms with E-state index in [1.165, 1.54) is 5.56 Å². The smallest absolute Gasteiger partial charge is 0.229 e. The zero-order valence-corrected chi connectivity index (χ0v) is 20.9. The normalized spacial score (nSPS) is 11.0. The van der Waals surface area contributed by atoms with E-state index in [0.717, 1.165) is 43.1 Å². The first-order valence-corrected chi connectivity index (χ1v) is 11.7. The van der Waals surface area contributed by atoms with Gasteiger partial charge < -0.3 is 4.90 Å². The lowest BCUT2D eigenvalue weighted by Gasteiger charge is -2.22. The van der Waals surface area contributed by atoms with Crippen LogP contribution in [0, 0.1) is 13.8 Å². The Bertz CT molecular complexity index is 990.